The first-order valence-corrected chi connectivity index (χ1v) is 14.4. The number of carbonyl (C=O) groups is 4. The summed E-state index contributed by atoms with van der Waals surface area (Å²) in [5.74, 6) is -2.17. The van der Waals surface area contributed by atoms with E-state index in [9.17, 15) is 19.2 Å². The van der Waals surface area contributed by atoms with E-state index < -0.39 is 23.8 Å². The fourth-order valence-electron chi connectivity index (χ4n) is 4.32. The molecule has 0 spiro atoms. The Kier molecular flexibility index (Phi) is 8.56. The van der Waals surface area contributed by atoms with Crippen LogP contribution in [0.5, 0.6) is 0 Å². The van der Waals surface area contributed by atoms with Crippen LogP contribution in [-0.2, 0) is 9.47 Å². The first-order chi connectivity index (χ1) is 20.4. The van der Waals surface area contributed by atoms with Gasteiger partial charge < -0.3 is 20.1 Å². The number of rotatable bonds is 8. The molecule has 2 aromatic heterocycles. The average Bonchev–Trinajstić information content (AvgIpc) is 3.65. The topological polar surface area (TPSA) is 111 Å². The standard InChI is InChI=1S/C32H24N2O6S2/c1-39-31(37)25-23(19-10-5-3-6-11-19)17-41-29(25)33-27(35)21-14-9-15-22(16-21)28(36)34-30-26(32(38)40-2)24(18-42-30)20-12-7-4-8-13-20/h3-18H,1-2H3,(H,33,35)(H,34,36). The van der Waals surface area contributed by atoms with E-state index in [4.69, 9.17) is 9.47 Å². The Balaban J connectivity index is 1.39. The Morgan fingerprint density at radius 3 is 1.36 bits per heavy atom. The van der Waals surface area contributed by atoms with E-state index in [1.165, 1.54) is 43.0 Å². The number of hydrogen-bond donors (Lipinski definition) is 2. The van der Waals surface area contributed by atoms with Crippen LogP contribution in [0.4, 0.5) is 10.0 Å². The van der Waals surface area contributed by atoms with Crippen LogP contribution in [0.2, 0.25) is 0 Å². The quantitative estimate of drug-likeness (QED) is 0.183. The molecule has 5 aromatic rings. The van der Waals surface area contributed by atoms with Crippen LogP contribution in [-0.4, -0.2) is 38.0 Å². The van der Waals surface area contributed by atoms with Gasteiger partial charge in [0.05, 0.1) is 14.2 Å². The number of carbonyl (C=O) groups excluding carboxylic acids is 4. The van der Waals surface area contributed by atoms with Crippen molar-refractivity contribution in [3.8, 4) is 22.3 Å². The van der Waals surface area contributed by atoms with E-state index in [-0.39, 0.29) is 22.3 Å². The van der Waals surface area contributed by atoms with Crippen LogP contribution in [0.25, 0.3) is 22.3 Å². The van der Waals surface area contributed by atoms with Crippen molar-refractivity contribution in [2.24, 2.45) is 0 Å². The lowest BCUT2D eigenvalue weighted by atomic mass is 10.0. The molecule has 0 atom stereocenters. The van der Waals surface area contributed by atoms with E-state index in [1.54, 1.807) is 29.0 Å². The fourth-order valence-corrected chi connectivity index (χ4v) is 6.23. The summed E-state index contributed by atoms with van der Waals surface area (Å²) in [4.78, 5) is 51.8. The van der Waals surface area contributed by atoms with Gasteiger partial charge in [0.1, 0.15) is 21.1 Å². The highest BCUT2D eigenvalue weighted by atomic mass is 32.1. The van der Waals surface area contributed by atoms with Gasteiger partial charge in [-0.3, -0.25) is 9.59 Å². The smallest absolute Gasteiger partial charge is 0.341 e. The van der Waals surface area contributed by atoms with Gasteiger partial charge in [0.15, 0.2) is 0 Å². The number of nitrogens with one attached hydrogen (secondary N) is 2. The summed E-state index contributed by atoms with van der Waals surface area (Å²) in [5.41, 5.74) is 3.81. The average molecular weight is 597 g/mol. The molecule has 2 heterocycles. The summed E-state index contributed by atoms with van der Waals surface area (Å²) >= 11 is 2.40. The van der Waals surface area contributed by atoms with Crippen molar-refractivity contribution in [1.82, 2.24) is 0 Å². The molecule has 0 radical (unpaired) electrons. The van der Waals surface area contributed by atoms with Crippen LogP contribution in [0.15, 0.2) is 95.7 Å². The first kappa shape index (κ1) is 28.5. The van der Waals surface area contributed by atoms with Crippen LogP contribution in [0, 0.1) is 0 Å². The number of methoxy groups -OCH3 is 2. The zero-order valence-electron chi connectivity index (χ0n) is 22.5. The third kappa shape index (κ3) is 5.85. The van der Waals surface area contributed by atoms with Crippen molar-refractivity contribution < 1.29 is 28.7 Å². The Morgan fingerprint density at radius 1 is 0.571 bits per heavy atom. The van der Waals surface area contributed by atoms with Crippen molar-refractivity contribution in [2.45, 2.75) is 0 Å². The largest absolute Gasteiger partial charge is 0.465 e. The predicted octanol–water partition coefficient (Wildman–Crippen LogP) is 7.22. The minimum absolute atomic E-state index is 0.206. The molecule has 0 aliphatic heterocycles. The second-order valence-electron chi connectivity index (χ2n) is 8.91. The van der Waals surface area contributed by atoms with Crippen molar-refractivity contribution in [3.05, 3.63) is 118 Å². The molecule has 0 unspecified atom stereocenters. The van der Waals surface area contributed by atoms with Gasteiger partial charge in [-0.1, -0.05) is 66.7 Å². The second-order valence-corrected chi connectivity index (χ2v) is 10.7. The van der Waals surface area contributed by atoms with Gasteiger partial charge >= 0.3 is 11.9 Å². The molecular formula is C32H24N2O6S2. The third-order valence-corrected chi connectivity index (χ3v) is 8.16. The van der Waals surface area contributed by atoms with Crippen LogP contribution >= 0.6 is 22.7 Å². The van der Waals surface area contributed by atoms with Crippen molar-refractivity contribution in [3.63, 3.8) is 0 Å². The molecule has 0 saturated carbocycles. The van der Waals surface area contributed by atoms with Gasteiger partial charge in [0.2, 0.25) is 0 Å². The number of anilines is 2. The molecule has 0 aliphatic carbocycles. The maximum absolute atomic E-state index is 13.3. The second kappa shape index (κ2) is 12.6. The van der Waals surface area contributed by atoms with Gasteiger partial charge in [-0.15, -0.1) is 22.7 Å². The van der Waals surface area contributed by atoms with Crippen LogP contribution in [0.1, 0.15) is 41.4 Å². The van der Waals surface area contributed by atoms with Gasteiger partial charge in [-0.2, -0.15) is 0 Å². The Bertz CT molecular complexity index is 1650. The lowest BCUT2D eigenvalue weighted by molar-refractivity contribution is 0.0594. The zero-order chi connectivity index (χ0) is 29.6. The van der Waals surface area contributed by atoms with Crippen molar-refractivity contribution in [1.29, 1.82) is 0 Å². The highest BCUT2D eigenvalue weighted by molar-refractivity contribution is 7.15. The SMILES string of the molecule is COC(=O)c1c(-c2ccccc2)csc1NC(=O)c1cccc(C(=O)Nc2scc(-c3ccccc3)c2C(=O)OC)c1. The molecule has 2 N–H and O–H groups in total. The number of esters is 2. The third-order valence-electron chi connectivity index (χ3n) is 6.37. The molecular weight excluding hydrogens is 572 g/mol. The number of ether oxygens (including phenoxy) is 2. The molecule has 0 bridgehead atoms. The summed E-state index contributed by atoms with van der Waals surface area (Å²) in [7, 11) is 2.56. The number of hydrogen-bond acceptors (Lipinski definition) is 8. The summed E-state index contributed by atoms with van der Waals surface area (Å²) in [6.07, 6.45) is 0. The highest BCUT2D eigenvalue weighted by Gasteiger charge is 2.25. The molecule has 5 rings (SSSR count). The number of thiophene rings is 2. The van der Waals surface area contributed by atoms with Crippen molar-refractivity contribution >= 4 is 56.4 Å². The van der Waals surface area contributed by atoms with Gasteiger partial charge in [-0.25, -0.2) is 9.59 Å². The molecule has 8 nitrogen and oxygen atoms in total. The summed E-state index contributed by atoms with van der Waals surface area (Å²) in [5, 5.41) is 9.80. The zero-order valence-corrected chi connectivity index (χ0v) is 24.1. The Hall–Kier alpha value is -5.06. The number of amides is 2. The highest BCUT2D eigenvalue weighted by Crippen LogP contribution is 2.37. The molecule has 42 heavy (non-hydrogen) atoms. The first-order valence-electron chi connectivity index (χ1n) is 12.6. The molecule has 2 amide bonds. The van der Waals surface area contributed by atoms with Crippen LogP contribution in [0.3, 0.4) is 0 Å². The van der Waals surface area contributed by atoms with Crippen LogP contribution < -0.4 is 10.6 Å². The fraction of sp³-hybridized carbons (Fsp3) is 0.0625. The van der Waals surface area contributed by atoms with E-state index in [1.807, 2.05) is 60.7 Å². The minimum Gasteiger partial charge on any atom is -0.465 e. The molecule has 210 valence electrons. The predicted molar refractivity (Wildman–Crippen MR) is 165 cm³/mol. The summed E-state index contributed by atoms with van der Waals surface area (Å²) in [6.45, 7) is 0. The lowest BCUT2D eigenvalue weighted by Gasteiger charge is -2.10. The van der Waals surface area contributed by atoms with E-state index >= 15 is 0 Å². The molecule has 0 aliphatic rings. The van der Waals surface area contributed by atoms with Crippen molar-refractivity contribution in [2.75, 3.05) is 24.9 Å². The van der Waals surface area contributed by atoms with Gasteiger partial charge in [0.25, 0.3) is 11.8 Å². The monoisotopic (exact) mass is 596 g/mol. The number of benzene rings is 3. The maximum atomic E-state index is 13.3. The Morgan fingerprint density at radius 2 is 0.976 bits per heavy atom. The van der Waals surface area contributed by atoms with E-state index in [2.05, 4.69) is 10.6 Å². The van der Waals surface area contributed by atoms with E-state index in [0.717, 1.165) is 11.1 Å². The molecule has 0 saturated heterocycles. The lowest BCUT2D eigenvalue weighted by Crippen LogP contribution is -2.17. The molecule has 3 aromatic carbocycles. The summed E-state index contributed by atoms with van der Waals surface area (Å²) < 4.78 is 9.98. The Labute approximate surface area is 249 Å². The van der Waals surface area contributed by atoms with Gasteiger partial charge in [0, 0.05) is 33.0 Å². The van der Waals surface area contributed by atoms with Gasteiger partial charge in [-0.05, 0) is 29.3 Å². The normalized spacial score (nSPS) is 10.5. The molecule has 10 heteroatoms. The maximum Gasteiger partial charge on any atom is 0.341 e. The summed E-state index contributed by atoms with van der Waals surface area (Å²) in [6, 6.07) is 24.8. The minimum atomic E-state index is -0.578. The molecule has 0 fully saturated rings. The van der Waals surface area contributed by atoms with E-state index in [0.29, 0.717) is 21.1 Å².